The molecule has 19 heavy (non-hydrogen) atoms. The van der Waals surface area contributed by atoms with Gasteiger partial charge in [0.05, 0.1) is 25.8 Å². The number of fused-ring (bicyclic) bond motifs is 1. The Hall–Kier alpha value is -1.75. The van der Waals surface area contributed by atoms with Gasteiger partial charge in [0, 0.05) is 13.2 Å². The Bertz CT molecular complexity index is 460. The molecule has 1 aromatic rings. The van der Waals surface area contributed by atoms with E-state index in [0.29, 0.717) is 13.2 Å². The Labute approximate surface area is 112 Å². The molecule has 2 aliphatic rings. The van der Waals surface area contributed by atoms with Crippen molar-refractivity contribution in [3.05, 3.63) is 29.8 Å². The standard InChI is InChI=1S/C14H18N2O3/c1-18-11-4-2-10(3-5-11)8-16-13-6-7-19-9-12(13)15-14(16)17/h2-5,12-13H,6-9H2,1H3,(H,15,17). The lowest BCUT2D eigenvalue weighted by atomic mass is 10.0. The van der Waals surface area contributed by atoms with Gasteiger partial charge in [-0.3, -0.25) is 0 Å². The van der Waals surface area contributed by atoms with Gasteiger partial charge in [-0.15, -0.1) is 0 Å². The van der Waals surface area contributed by atoms with Gasteiger partial charge in [0.15, 0.2) is 0 Å². The monoisotopic (exact) mass is 262 g/mol. The van der Waals surface area contributed by atoms with Gasteiger partial charge in [-0.2, -0.15) is 0 Å². The van der Waals surface area contributed by atoms with Crippen molar-refractivity contribution in [3.63, 3.8) is 0 Å². The van der Waals surface area contributed by atoms with Crippen LogP contribution in [-0.4, -0.2) is 43.3 Å². The highest BCUT2D eigenvalue weighted by atomic mass is 16.5. The van der Waals surface area contributed by atoms with Crippen molar-refractivity contribution >= 4 is 6.03 Å². The van der Waals surface area contributed by atoms with E-state index in [1.165, 1.54) is 0 Å². The van der Waals surface area contributed by atoms with E-state index in [9.17, 15) is 4.79 Å². The summed E-state index contributed by atoms with van der Waals surface area (Å²) in [7, 11) is 1.65. The van der Waals surface area contributed by atoms with Crippen LogP contribution in [0.3, 0.4) is 0 Å². The first-order valence-corrected chi connectivity index (χ1v) is 6.56. The lowest BCUT2D eigenvalue weighted by Gasteiger charge is -2.30. The first-order valence-electron chi connectivity index (χ1n) is 6.56. The van der Waals surface area contributed by atoms with Crippen LogP contribution in [0, 0.1) is 0 Å². The van der Waals surface area contributed by atoms with Gasteiger partial charge in [0.2, 0.25) is 0 Å². The predicted octanol–water partition coefficient (Wildman–Crippen LogP) is 1.38. The van der Waals surface area contributed by atoms with Crippen molar-refractivity contribution in [2.24, 2.45) is 0 Å². The van der Waals surface area contributed by atoms with E-state index in [4.69, 9.17) is 9.47 Å². The first kappa shape index (κ1) is 12.3. The number of hydrogen-bond acceptors (Lipinski definition) is 3. The highest BCUT2D eigenvalue weighted by Crippen LogP contribution is 2.24. The zero-order valence-corrected chi connectivity index (χ0v) is 11.0. The Balaban J connectivity index is 1.72. The summed E-state index contributed by atoms with van der Waals surface area (Å²) in [5, 5.41) is 2.99. The molecule has 0 aromatic heterocycles. The minimum Gasteiger partial charge on any atom is -0.497 e. The number of amides is 2. The van der Waals surface area contributed by atoms with Gasteiger partial charge in [0.1, 0.15) is 5.75 Å². The molecule has 2 fully saturated rings. The maximum absolute atomic E-state index is 12.0. The van der Waals surface area contributed by atoms with Gasteiger partial charge >= 0.3 is 6.03 Å². The van der Waals surface area contributed by atoms with E-state index in [1.807, 2.05) is 29.2 Å². The third-order valence-corrected chi connectivity index (χ3v) is 3.80. The zero-order chi connectivity index (χ0) is 13.2. The van der Waals surface area contributed by atoms with Crippen molar-refractivity contribution < 1.29 is 14.3 Å². The lowest BCUT2D eigenvalue weighted by Crippen LogP contribution is -2.43. The number of benzene rings is 1. The fourth-order valence-electron chi connectivity index (χ4n) is 2.75. The summed E-state index contributed by atoms with van der Waals surface area (Å²) in [6.45, 7) is 1.99. The number of hydrogen-bond donors (Lipinski definition) is 1. The highest BCUT2D eigenvalue weighted by Gasteiger charge is 2.40. The summed E-state index contributed by atoms with van der Waals surface area (Å²) >= 11 is 0. The van der Waals surface area contributed by atoms with Crippen molar-refractivity contribution in [3.8, 4) is 5.75 Å². The summed E-state index contributed by atoms with van der Waals surface area (Å²) in [6.07, 6.45) is 0.902. The Morgan fingerprint density at radius 3 is 2.95 bits per heavy atom. The molecule has 2 atom stereocenters. The smallest absolute Gasteiger partial charge is 0.318 e. The molecule has 5 heteroatoms. The normalized spacial score (nSPS) is 25.9. The second-order valence-electron chi connectivity index (χ2n) is 4.96. The highest BCUT2D eigenvalue weighted by molar-refractivity contribution is 5.77. The quantitative estimate of drug-likeness (QED) is 0.895. The number of ether oxygens (including phenoxy) is 2. The molecule has 2 aliphatic heterocycles. The second kappa shape index (κ2) is 5.09. The summed E-state index contributed by atoms with van der Waals surface area (Å²) in [4.78, 5) is 13.9. The van der Waals surface area contributed by atoms with Crippen LogP contribution in [0.25, 0.3) is 0 Å². The van der Waals surface area contributed by atoms with E-state index in [2.05, 4.69) is 5.32 Å². The number of carbonyl (C=O) groups is 1. The SMILES string of the molecule is COc1ccc(CN2C(=O)NC3COCCC32)cc1. The molecular formula is C14H18N2O3. The molecule has 0 aliphatic carbocycles. The van der Waals surface area contributed by atoms with Crippen LogP contribution < -0.4 is 10.1 Å². The molecular weight excluding hydrogens is 244 g/mol. The molecule has 2 unspecified atom stereocenters. The number of methoxy groups -OCH3 is 1. The molecule has 1 N–H and O–H groups in total. The molecule has 2 amide bonds. The van der Waals surface area contributed by atoms with E-state index < -0.39 is 0 Å². The van der Waals surface area contributed by atoms with Crippen molar-refractivity contribution in [1.82, 2.24) is 10.2 Å². The van der Waals surface area contributed by atoms with Gasteiger partial charge in [-0.05, 0) is 24.1 Å². The molecule has 2 heterocycles. The maximum atomic E-state index is 12.0. The van der Waals surface area contributed by atoms with Gasteiger partial charge in [-0.25, -0.2) is 4.79 Å². The number of carbonyl (C=O) groups excluding carboxylic acids is 1. The summed E-state index contributed by atoms with van der Waals surface area (Å²) in [6, 6.07) is 8.24. The van der Waals surface area contributed by atoms with Crippen LogP contribution >= 0.6 is 0 Å². The fourth-order valence-corrected chi connectivity index (χ4v) is 2.75. The van der Waals surface area contributed by atoms with Crippen molar-refractivity contribution in [2.45, 2.75) is 25.0 Å². The number of nitrogens with zero attached hydrogens (tertiary/aromatic N) is 1. The average molecular weight is 262 g/mol. The summed E-state index contributed by atoms with van der Waals surface area (Å²) in [5.41, 5.74) is 1.11. The van der Waals surface area contributed by atoms with Gasteiger partial charge < -0.3 is 19.7 Å². The summed E-state index contributed by atoms with van der Waals surface area (Å²) in [5.74, 6) is 0.832. The van der Waals surface area contributed by atoms with Crippen LogP contribution in [0.2, 0.25) is 0 Å². The minimum absolute atomic E-state index is 0.0105. The number of nitrogens with one attached hydrogen (secondary N) is 1. The third-order valence-electron chi connectivity index (χ3n) is 3.80. The van der Waals surface area contributed by atoms with Crippen LogP contribution in [-0.2, 0) is 11.3 Å². The largest absolute Gasteiger partial charge is 0.497 e. The Morgan fingerprint density at radius 2 is 2.21 bits per heavy atom. The number of urea groups is 1. The number of rotatable bonds is 3. The van der Waals surface area contributed by atoms with Crippen molar-refractivity contribution in [1.29, 1.82) is 0 Å². The molecule has 0 saturated carbocycles. The fraction of sp³-hybridized carbons (Fsp3) is 0.500. The Morgan fingerprint density at radius 1 is 1.42 bits per heavy atom. The van der Waals surface area contributed by atoms with Crippen LogP contribution in [0.1, 0.15) is 12.0 Å². The molecule has 2 saturated heterocycles. The second-order valence-corrected chi connectivity index (χ2v) is 4.96. The molecule has 102 valence electrons. The molecule has 5 nitrogen and oxygen atoms in total. The van der Waals surface area contributed by atoms with Crippen molar-refractivity contribution in [2.75, 3.05) is 20.3 Å². The van der Waals surface area contributed by atoms with E-state index in [-0.39, 0.29) is 18.1 Å². The van der Waals surface area contributed by atoms with Crippen LogP contribution in [0.4, 0.5) is 4.79 Å². The summed E-state index contributed by atoms with van der Waals surface area (Å²) < 4.78 is 10.5. The predicted molar refractivity (Wildman–Crippen MR) is 70.1 cm³/mol. The average Bonchev–Trinajstić information content (AvgIpc) is 2.76. The first-order chi connectivity index (χ1) is 9.28. The lowest BCUT2D eigenvalue weighted by molar-refractivity contribution is 0.0456. The molecule has 0 radical (unpaired) electrons. The third kappa shape index (κ3) is 2.38. The van der Waals surface area contributed by atoms with E-state index >= 15 is 0 Å². The van der Waals surface area contributed by atoms with E-state index in [1.54, 1.807) is 7.11 Å². The van der Waals surface area contributed by atoms with Gasteiger partial charge in [0.25, 0.3) is 0 Å². The van der Waals surface area contributed by atoms with E-state index in [0.717, 1.165) is 24.3 Å². The topological polar surface area (TPSA) is 50.8 Å². The molecule has 0 bridgehead atoms. The van der Waals surface area contributed by atoms with Gasteiger partial charge in [-0.1, -0.05) is 12.1 Å². The van der Waals surface area contributed by atoms with Crippen LogP contribution in [0.15, 0.2) is 24.3 Å². The van der Waals surface area contributed by atoms with Crippen LogP contribution in [0.5, 0.6) is 5.75 Å². The minimum atomic E-state index is 0.0105. The molecule has 0 spiro atoms. The Kier molecular flexibility index (Phi) is 3.29. The molecule has 3 rings (SSSR count). The molecule has 1 aromatic carbocycles. The zero-order valence-electron chi connectivity index (χ0n) is 11.0. The maximum Gasteiger partial charge on any atom is 0.318 e.